The van der Waals surface area contributed by atoms with Crippen molar-refractivity contribution in [1.29, 1.82) is 0 Å². The van der Waals surface area contributed by atoms with E-state index in [1.807, 2.05) is 0 Å². The maximum Gasteiger partial charge on any atom is 0.331 e. The van der Waals surface area contributed by atoms with Gasteiger partial charge in [0.15, 0.2) is 0 Å². The van der Waals surface area contributed by atoms with Gasteiger partial charge in [0.2, 0.25) is 11.6 Å². The van der Waals surface area contributed by atoms with Gasteiger partial charge in [-0.25, -0.2) is 4.79 Å². The number of carboxylic acids is 1. The molecule has 0 saturated carbocycles. The van der Waals surface area contributed by atoms with Crippen LogP contribution in [-0.2, 0) is 19.0 Å². The van der Waals surface area contributed by atoms with Crippen molar-refractivity contribution in [3.63, 3.8) is 0 Å². The quantitative estimate of drug-likeness (QED) is 0.448. The number of carboxylic acid groups (broad SMARTS) is 1. The van der Waals surface area contributed by atoms with E-state index in [-0.39, 0.29) is 5.57 Å². The van der Waals surface area contributed by atoms with Crippen molar-refractivity contribution in [1.82, 2.24) is 0 Å². The molecule has 3 unspecified atom stereocenters. The SMILES string of the molecule is COC1(O)C=C(C(=O)O)CC(O)(OC)C1(O)OC. The largest absolute Gasteiger partial charge is 0.478 e. The minimum Gasteiger partial charge on any atom is -0.478 e. The molecule has 0 aromatic rings. The highest BCUT2D eigenvalue weighted by Gasteiger charge is 2.67. The number of rotatable bonds is 4. The molecule has 0 aromatic carbocycles. The van der Waals surface area contributed by atoms with Gasteiger partial charge in [-0.3, -0.25) is 0 Å². The second-order valence-electron chi connectivity index (χ2n) is 3.89. The number of aliphatic hydroxyl groups is 3. The van der Waals surface area contributed by atoms with Gasteiger partial charge in [0, 0.05) is 33.3 Å². The highest BCUT2D eigenvalue weighted by atomic mass is 16.8. The van der Waals surface area contributed by atoms with Gasteiger partial charge in [-0.15, -0.1) is 0 Å². The fourth-order valence-corrected chi connectivity index (χ4v) is 1.89. The number of carbonyl (C=O) groups is 1. The summed E-state index contributed by atoms with van der Waals surface area (Å²) in [5.74, 6) is -9.12. The van der Waals surface area contributed by atoms with Crippen LogP contribution in [-0.4, -0.2) is 65.1 Å². The molecule has 0 amide bonds. The molecule has 0 aromatic heterocycles. The highest BCUT2D eigenvalue weighted by molar-refractivity contribution is 5.87. The van der Waals surface area contributed by atoms with E-state index in [1.165, 1.54) is 0 Å². The second-order valence-corrected chi connectivity index (χ2v) is 3.89. The Bertz CT molecular complexity index is 380. The first kappa shape index (κ1) is 15.0. The van der Waals surface area contributed by atoms with Gasteiger partial charge in [-0.05, 0) is 6.08 Å². The van der Waals surface area contributed by atoms with Crippen LogP contribution in [0.2, 0.25) is 0 Å². The lowest BCUT2D eigenvalue weighted by molar-refractivity contribution is -0.455. The predicted molar refractivity (Wildman–Crippen MR) is 56.2 cm³/mol. The summed E-state index contributed by atoms with van der Waals surface area (Å²) in [4.78, 5) is 10.9. The lowest BCUT2D eigenvalue weighted by Gasteiger charge is -2.50. The van der Waals surface area contributed by atoms with Crippen molar-refractivity contribution in [3.8, 4) is 0 Å². The molecule has 3 atom stereocenters. The van der Waals surface area contributed by atoms with Gasteiger partial charge >= 0.3 is 5.97 Å². The average molecular weight is 264 g/mol. The van der Waals surface area contributed by atoms with Gasteiger partial charge in [-0.2, -0.15) is 0 Å². The van der Waals surface area contributed by atoms with Crippen LogP contribution in [0.3, 0.4) is 0 Å². The molecule has 0 saturated heterocycles. The fraction of sp³-hybridized carbons (Fsp3) is 0.700. The third-order valence-corrected chi connectivity index (χ3v) is 3.03. The Morgan fingerprint density at radius 3 is 2.06 bits per heavy atom. The summed E-state index contributed by atoms with van der Waals surface area (Å²) in [6, 6.07) is 0. The first-order valence-electron chi connectivity index (χ1n) is 4.97. The Kier molecular flexibility index (Phi) is 3.82. The van der Waals surface area contributed by atoms with Gasteiger partial charge in [-0.1, -0.05) is 0 Å². The zero-order valence-electron chi connectivity index (χ0n) is 10.2. The number of methoxy groups -OCH3 is 3. The second kappa shape index (κ2) is 4.57. The van der Waals surface area contributed by atoms with E-state index in [9.17, 15) is 20.1 Å². The van der Waals surface area contributed by atoms with Crippen LogP contribution in [0, 0.1) is 0 Å². The lowest BCUT2D eigenvalue weighted by atomic mass is 9.83. The number of ether oxygens (including phenoxy) is 3. The zero-order valence-corrected chi connectivity index (χ0v) is 10.2. The smallest absolute Gasteiger partial charge is 0.331 e. The van der Waals surface area contributed by atoms with E-state index >= 15 is 0 Å². The van der Waals surface area contributed by atoms with Gasteiger partial charge in [0.1, 0.15) is 0 Å². The van der Waals surface area contributed by atoms with Crippen molar-refractivity contribution in [2.45, 2.75) is 23.8 Å². The van der Waals surface area contributed by atoms with Gasteiger partial charge < -0.3 is 34.6 Å². The minimum atomic E-state index is -2.68. The molecule has 0 spiro atoms. The normalized spacial score (nSPS) is 40.4. The minimum absolute atomic E-state index is 0.384. The number of aliphatic carboxylic acids is 1. The molecule has 1 rings (SSSR count). The Labute approximate surface area is 103 Å². The van der Waals surface area contributed by atoms with E-state index in [1.54, 1.807) is 0 Å². The van der Waals surface area contributed by atoms with Crippen LogP contribution in [0.25, 0.3) is 0 Å². The highest BCUT2D eigenvalue weighted by Crippen LogP contribution is 2.44. The van der Waals surface area contributed by atoms with Gasteiger partial charge in [0.25, 0.3) is 5.79 Å². The molecule has 8 heteroatoms. The first-order chi connectivity index (χ1) is 8.19. The summed E-state index contributed by atoms with van der Waals surface area (Å²) in [6.07, 6.45) is 0.168. The molecule has 0 heterocycles. The molecule has 104 valence electrons. The van der Waals surface area contributed by atoms with E-state index in [2.05, 4.69) is 9.47 Å². The standard InChI is InChI=1S/C10H16O8/c1-16-8(13)4-6(7(11)12)5-9(14,17-2)10(8,15)18-3/h4,13-15H,5H2,1-3H3,(H,11,12). The summed E-state index contributed by atoms with van der Waals surface area (Å²) in [6.45, 7) is 0. The predicted octanol–water partition coefficient (Wildman–Crippen LogP) is -1.59. The van der Waals surface area contributed by atoms with E-state index < -0.39 is 29.8 Å². The van der Waals surface area contributed by atoms with E-state index in [0.717, 1.165) is 27.4 Å². The monoisotopic (exact) mass is 264 g/mol. The lowest BCUT2D eigenvalue weighted by Crippen LogP contribution is -2.72. The number of hydrogen-bond acceptors (Lipinski definition) is 7. The molecule has 0 fully saturated rings. The maximum absolute atomic E-state index is 10.9. The molecule has 4 N–H and O–H groups in total. The molecule has 0 radical (unpaired) electrons. The zero-order chi connectivity index (χ0) is 14.2. The van der Waals surface area contributed by atoms with Crippen LogP contribution in [0.5, 0.6) is 0 Å². The third kappa shape index (κ3) is 1.83. The molecule has 0 bridgehead atoms. The van der Waals surface area contributed by atoms with Crippen molar-refractivity contribution >= 4 is 5.97 Å². The van der Waals surface area contributed by atoms with Gasteiger partial charge in [0.05, 0.1) is 0 Å². The summed E-state index contributed by atoms with van der Waals surface area (Å²) in [5, 5.41) is 39.4. The van der Waals surface area contributed by atoms with Crippen LogP contribution in [0.1, 0.15) is 6.42 Å². The Morgan fingerprint density at radius 1 is 1.17 bits per heavy atom. The average Bonchev–Trinajstić information content (AvgIpc) is 2.34. The van der Waals surface area contributed by atoms with Crippen LogP contribution in [0.4, 0.5) is 0 Å². The summed E-state index contributed by atoms with van der Waals surface area (Å²) in [7, 11) is 3.06. The van der Waals surface area contributed by atoms with Crippen molar-refractivity contribution < 1.29 is 39.4 Å². The maximum atomic E-state index is 10.9. The fourth-order valence-electron chi connectivity index (χ4n) is 1.89. The molecule has 18 heavy (non-hydrogen) atoms. The molecule has 1 aliphatic rings. The Hall–Kier alpha value is -1.03. The Balaban J connectivity index is 3.45. The summed E-state index contributed by atoms with van der Waals surface area (Å²) in [5.41, 5.74) is -0.384. The van der Waals surface area contributed by atoms with Crippen molar-refractivity contribution in [2.24, 2.45) is 0 Å². The molecule has 8 nitrogen and oxygen atoms in total. The number of hydrogen-bond donors (Lipinski definition) is 4. The van der Waals surface area contributed by atoms with Crippen LogP contribution >= 0.6 is 0 Å². The summed E-state index contributed by atoms with van der Waals surface area (Å²) >= 11 is 0. The Morgan fingerprint density at radius 2 is 1.72 bits per heavy atom. The summed E-state index contributed by atoms with van der Waals surface area (Å²) < 4.78 is 14.1. The molecule has 1 aliphatic carbocycles. The van der Waals surface area contributed by atoms with Crippen LogP contribution < -0.4 is 0 Å². The van der Waals surface area contributed by atoms with E-state index in [0.29, 0.717) is 0 Å². The molecular formula is C10H16O8. The molecule has 0 aliphatic heterocycles. The van der Waals surface area contributed by atoms with Crippen LogP contribution in [0.15, 0.2) is 11.6 Å². The van der Waals surface area contributed by atoms with Crippen molar-refractivity contribution in [2.75, 3.05) is 21.3 Å². The first-order valence-corrected chi connectivity index (χ1v) is 4.97. The topological polar surface area (TPSA) is 126 Å². The third-order valence-electron chi connectivity index (χ3n) is 3.03. The molecular weight excluding hydrogens is 248 g/mol. The van der Waals surface area contributed by atoms with Crippen molar-refractivity contribution in [3.05, 3.63) is 11.6 Å². The van der Waals surface area contributed by atoms with E-state index in [4.69, 9.17) is 9.84 Å².